The fourth-order valence-corrected chi connectivity index (χ4v) is 2.27. The third kappa shape index (κ3) is 3.73. The molecule has 1 amide bonds. The van der Waals surface area contributed by atoms with Gasteiger partial charge in [-0.15, -0.1) is 0 Å². The molecule has 0 aliphatic heterocycles. The molecule has 0 aromatic heterocycles. The molecule has 0 aliphatic carbocycles. The largest absolute Gasteiger partial charge is 0.504 e. The van der Waals surface area contributed by atoms with Crippen LogP contribution >= 0.6 is 0 Å². The first kappa shape index (κ1) is 17.1. The molecule has 0 atom stereocenters. The number of nitriles is 1. The second-order valence-corrected chi connectivity index (χ2v) is 5.34. The average molecular weight is 322 g/mol. The van der Waals surface area contributed by atoms with Crippen LogP contribution in [0.3, 0.4) is 0 Å². The molecule has 0 bridgehead atoms. The normalized spacial score (nSPS) is 10.8. The summed E-state index contributed by atoms with van der Waals surface area (Å²) in [5, 5.41) is 22.1. The van der Waals surface area contributed by atoms with Gasteiger partial charge in [0.05, 0.1) is 7.11 Å². The maximum atomic E-state index is 12.3. The number of hydrogen-bond acceptors (Lipinski definition) is 4. The standard InChI is InChI=1S/C19H18N2O3/c1-12-7-8-16(13(2)9-12)21-19(23)15(11-20)10-14-5-4-6-17(24-3)18(14)22/h4-10,22H,1-3H3,(H,21,23)/b15-10+. The number of amides is 1. The molecule has 24 heavy (non-hydrogen) atoms. The molecule has 0 saturated heterocycles. The first-order valence-electron chi connectivity index (χ1n) is 7.32. The number of aryl methyl sites for hydroxylation is 2. The number of methoxy groups -OCH3 is 1. The van der Waals surface area contributed by atoms with Gasteiger partial charge in [-0.1, -0.05) is 29.8 Å². The smallest absolute Gasteiger partial charge is 0.266 e. The van der Waals surface area contributed by atoms with Crippen LogP contribution < -0.4 is 10.1 Å². The molecule has 2 N–H and O–H groups in total. The van der Waals surface area contributed by atoms with Crippen molar-refractivity contribution < 1.29 is 14.6 Å². The summed E-state index contributed by atoms with van der Waals surface area (Å²) in [5.41, 5.74) is 2.86. The molecular formula is C19H18N2O3. The second-order valence-electron chi connectivity index (χ2n) is 5.34. The fraction of sp³-hybridized carbons (Fsp3) is 0.158. The minimum atomic E-state index is -0.535. The molecular weight excluding hydrogens is 304 g/mol. The summed E-state index contributed by atoms with van der Waals surface area (Å²) >= 11 is 0. The SMILES string of the molecule is COc1cccc(/C=C(\C#N)C(=O)Nc2ccc(C)cc2C)c1O. The zero-order chi connectivity index (χ0) is 17.7. The van der Waals surface area contributed by atoms with Crippen molar-refractivity contribution in [1.82, 2.24) is 0 Å². The molecule has 0 fully saturated rings. The molecule has 2 aromatic carbocycles. The third-order valence-corrected chi connectivity index (χ3v) is 3.55. The molecule has 5 heteroatoms. The number of benzene rings is 2. The lowest BCUT2D eigenvalue weighted by molar-refractivity contribution is -0.112. The highest BCUT2D eigenvalue weighted by Crippen LogP contribution is 2.31. The number of anilines is 1. The van der Waals surface area contributed by atoms with E-state index in [-0.39, 0.29) is 17.1 Å². The van der Waals surface area contributed by atoms with E-state index in [1.807, 2.05) is 32.0 Å². The van der Waals surface area contributed by atoms with Crippen LogP contribution in [-0.4, -0.2) is 18.1 Å². The van der Waals surface area contributed by atoms with Gasteiger partial charge in [0, 0.05) is 11.3 Å². The summed E-state index contributed by atoms with van der Waals surface area (Å²) < 4.78 is 5.02. The van der Waals surface area contributed by atoms with E-state index in [0.717, 1.165) is 11.1 Å². The molecule has 0 unspecified atom stereocenters. The van der Waals surface area contributed by atoms with E-state index in [9.17, 15) is 15.2 Å². The summed E-state index contributed by atoms with van der Waals surface area (Å²) in [4.78, 5) is 12.3. The van der Waals surface area contributed by atoms with Crippen LogP contribution in [0, 0.1) is 25.2 Å². The Morgan fingerprint density at radius 1 is 1.29 bits per heavy atom. The molecule has 0 saturated carbocycles. The van der Waals surface area contributed by atoms with Crippen LogP contribution in [0.25, 0.3) is 6.08 Å². The number of hydrogen-bond donors (Lipinski definition) is 2. The predicted molar refractivity (Wildman–Crippen MR) is 92.8 cm³/mol. The number of para-hydroxylation sites is 1. The van der Waals surface area contributed by atoms with Crippen LogP contribution in [0.4, 0.5) is 5.69 Å². The molecule has 0 radical (unpaired) electrons. The molecule has 0 spiro atoms. The van der Waals surface area contributed by atoms with Crippen LogP contribution in [0.1, 0.15) is 16.7 Å². The van der Waals surface area contributed by atoms with E-state index in [1.165, 1.54) is 13.2 Å². The van der Waals surface area contributed by atoms with Crippen molar-refractivity contribution in [3.8, 4) is 17.6 Å². The lowest BCUT2D eigenvalue weighted by Crippen LogP contribution is -2.14. The van der Waals surface area contributed by atoms with E-state index in [2.05, 4.69) is 5.32 Å². The minimum Gasteiger partial charge on any atom is -0.504 e. The number of ether oxygens (including phenoxy) is 1. The van der Waals surface area contributed by atoms with E-state index < -0.39 is 5.91 Å². The van der Waals surface area contributed by atoms with Gasteiger partial charge in [-0.2, -0.15) is 5.26 Å². The highest BCUT2D eigenvalue weighted by molar-refractivity contribution is 6.10. The monoisotopic (exact) mass is 322 g/mol. The number of rotatable bonds is 4. The Hall–Kier alpha value is -3.26. The molecule has 2 rings (SSSR count). The van der Waals surface area contributed by atoms with E-state index in [4.69, 9.17) is 4.74 Å². The summed E-state index contributed by atoms with van der Waals surface area (Å²) in [6, 6.07) is 12.3. The minimum absolute atomic E-state index is 0.112. The number of carbonyl (C=O) groups excluding carboxylic acids is 1. The molecule has 5 nitrogen and oxygen atoms in total. The summed E-state index contributed by atoms with van der Waals surface area (Å²) in [7, 11) is 1.43. The zero-order valence-corrected chi connectivity index (χ0v) is 13.8. The Balaban J connectivity index is 2.31. The number of aromatic hydroxyl groups is 1. The first-order valence-corrected chi connectivity index (χ1v) is 7.32. The maximum absolute atomic E-state index is 12.3. The highest BCUT2D eigenvalue weighted by Gasteiger charge is 2.13. The second kappa shape index (κ2) is 7.34. The molecule has 2 aromatic rings. The van der Waals surface area contributed by atoms with Crippen LogP contribution in [0.2, 0.25) is 0 Å². The fourth-order valence-electron chi connectivity index (χ4n) is 2.27. The molecule has 122 valence electrons. The first-order chi connectivity index (χ1) is 11.5. The van der Waals surface area contributed by atoms with Crippen molar-refractivity contribution in [2.24, 2.45) is 0 Å². The lowest BCUT2D eigenvalue weighted by atomic mass is 10.1. The van der Waals surface area contributed by atoms with Gasteiger partial charge in [0.1, 0.15) is 11.6 Å². The van der Waals surface area contributed by atoms with E-state index in [1.54, 1.807) is 24.3 Å². The Kier molecular flexibility index (Phi) is 5.23. The van der Waals surface area contributed by atoms with Crippen LogP contribution in [-0.2, 0) is 4.79 Å². The summed E-state index contributed by atoms with van der Waals surface area (Å²) in [6.07, 6.45) is 1.33. The predicted octanol–water partition coefficient (Wildman–Crippen LogP) is 3.56. The lowest BCUT2D eigenvalue weighted by Gasteiger charge is -2.09. The van der Waals surface area contributed by atoms with Crippen molar-refractivity contribution >= 4 is 17.7 Å². The van der Waals surface area contributed by atoms with Gasteiger partial charge in [-0.3, -0.25) is 4.79 Å². The van der Waals surface area contributed by atoms with Gasteiger partial charge in [0.25, 0.3) is 5.91 Å². The number of phenolic OH excluding ortho intramolecular Hbond substituents is 1. The molecule has 0 heterocycles. The maximum Gasteiger partial charge on any atom is 0.266 e. The quantitative estimate of drug-likeness (QED) is 0.666. The topological polar surface area (TPSA) is 82.3 Å². The van der Waals surface area contributed by atoms with Crippen molar-refractivity contribution in [2.75, 3.05) is 12.4 Å². The van der Waals surface area contributed by atoms with Gasteiger partial charge < -0.3 is 15.2 Å². The van der Waals surface area contributed by atoms with Crippen LogP contribution in [0.5, 0.6) is 11.5 Å². The third-order valence-electron chi connectivity index (χ3n) is 3.55. The van der Waals surface area contributed by atoms with Crippen molar-refractivity contribution in [3.05, 3.63) is 58.7 Å². The van der Waals surface area contributed by atoms with E-state index in [0.29, 0.717) is 11.3 Å². The van der Waals surface area contributed by atoms with Gasteiger partial charge in [-0.25, -0.2) is 0 Å². The highest BCUT2D eigenvalue weighted by atomic mass is 16.5. The number of nitrogens with zero attached hydrogens (tertiary/aromatic N) is 1. The number of nitrogens with one attached hydrogen (secondary N) is 1. The Morgan fingerprint density at radius 3 is 2.67 bits per heavy atom. The van der Waals surface area contributed by atoms with Crippen LogP contribution in [0.15, 0.2) is 42.0 Å². The summed E-state index contributed by atoms with van der Waals surface area (Å²) in [6.45, 7) is 3.84. The van der Waals surface area contributed by atoms with Gasteiger partial charge in [0.15, 0.2) is 11.5 Å². The van der Waals surface area contributed by atoms with Crippen molar-refractivity contribution in [2.45, 2.75) is 13.8 Å². The number of phenols is 1. The van der Waals surface area contributed by atoms with Crippen molar-refractivity contribution in [3.63, 3.8) is 0 Å². The van der Waals surface area contributed by atoms with Gasteiger partial charge in [0.2, 0.25) is 0 Å². The van der Waals surface area contributed by atoms with Gasteiger partial charge in [-0.05, 0) is 37.6 Å². The Morgan fingerprint density at radius 2 is 2.04 bits per heavy atom. The average Bonchev–Trinajstić information content (AvgIpc) is 2.56. The summed E-state index contributed by atoms with van der Waals surface area (Å²) in [5.74, 6) is -0.380. The molecule has 0 aliphatic rings. The van der Waals surface area contributed by atoms with E-state index >= 15 is 0 Å². The Bertz CT molecular complexity index is 848. The Labute approximate surface area is 140 Å². The zero-order valence-electron chi connectivity index (χ0n) is 13.8. The van der Waals surface area contributed by atoms with Gasteiger partial charge >= 0.3 is 0 Å². The number of carbonyl (C=O) groups is 1. The van der Waals surface area contributed by atoms with Crippen molar-refractivity contribution in [1.29, 1.82) is 5.26 Å².